The van der Waals surface area contributed by atoms with Gasteiger partial charge in [0, 0.05) is 12.6 Å². The Balaban J connectivity index is 1.31. The molecule has 1 aliphatic heterocycles. The van der Waals surface area contributed by atoms with E-state index in [1.54, 1.807) is 19.1 Å². The summed E-state index contributed by atoms with van der Waals surface area (Å²) in [7, 11) is -3.81. The topological polar surface area (TPSA) is 103 Å². The second kappa shape index (κ2) is 10.3. The minimum atomic E-state index is -3.81. The average Bonchev–Trinajstić information content (AvgIpc) is 3.30. The molecule has 0 saturated carbocycles. The average molecular weight is 503 g/mol. The lowest BCUT2D eigenvalue weighted by atomic mass is 10.1. The molecule has 0 bridgehead atoms. The molecule has 0 spiro atoms. The number of carbonyl (C=O) groups excluding carboxylic acids is 1. The monoisotopic (exact) mass is 502 g/mol. The lowest BCUT2D eigenvalue weighted by Gasteiger charge is -2.15. The molecule has 1 aliphatic rings. The first-order valence-corrected chi connectivity index (χ1v) is 12.3. The third kappa shape index (κ3) is 5.80. The second-order valence-corrected chi connectivity index (χ2v) is 9.72. The van der Waals surface area contributed by atoms with E-state index in [0.29, 0.717) is 11.5 Å². The molecule has 0 aliphatic carbocycles. The third-order valence-electron chi connectivity index (χ3n) is 5.13. The number of rotatable bonds is 9. The zero-order chi connectivity index (χ0) is 24.1. The number of amides is 1. The van der Waals surface area contributed by atoms with Crippen molar-refractivity contribution >= 4 is 27.5 Å². The van der Waals surface area contributed by atoms with E-state index < -0.39 is 16.1 Å². The molecular weight excluding hydrogens is 480 g/mol. The SMILES string of the molecule is C[C@@H](NS(=O)(=O)c1ccc(OCC(=O)NCc2ccc3c(c2)OCO3)c(Cl)c1)c1ccccc1. The molecule has 0 saturated heterocycles. The zero-order valence-electron chi connectivity index (χ0n) is 18.3. The number of ether oxygens (including phenoxy) is 3. The van der Waals surface area contributed by atoms with Crippen molar-refractivity contribution in [2.45, 2.75) is 24.4 Å². The summed E-state index contributed by atoms with van der Waals surface area (Å²) in [5.41, 5.74) is 1.69. The fraction of sp³-hybridized carbons (Fsp3) is 0.208. The molecule has 4 rings (SSSR count). The van der Waals surface area contributed by atoms with Gasteiger partial charge in [0.05, 0.1) is 9.92 Å². The Hall–Kier alpha value is -3.27. The van der Waals surface area contributed by atoms with Crippen LogP contribution in [0.1, 0.15) is 24.1 Å². The minimum absolute atomic E-state index is 0.000101. The van der Waals surface area contributed by atoms with Crippen LogP contribution in [-0.4, -0.2) is 27.7 Å². The van der Waals surface area contributed by atoms with E-state index in [1.165, 1.54) is 18.2 Å². The maximum atomic E-state index is 12.7. The van der Waals surface area contributed by atoms with E-state index in [4.69, 9.17) is 25.8 Å². The van der Waals surface area contributed by atoms with E-state index in [0.717, 1.165) is 11.1 Å². The molecule has 3 aromatic carbocycles. The molecule has 10 heteroatoms. The summed E-state index contributed by atoms with van der Waals surface area (Å²) in [6.07, 6.45) is 0. The standard InChI is InChI=1S/C24H23ClN2O6S/c1-16(18-5-3-2-4-6-18)27-34(29,30)19-8-10-21(20(25)12-19)31-14-24(28)26-13-17-7-9-22-23(11-17)33-15-32-22/h2-12,16,27H,13-15H2,1H3,(H,26,28)/t16-/m1/s1. The Morgan fingerprint density at radius 3 is 2.59 bits per heavy atom. The van der Waals surface area contributed by atoms with Crippen LogP contribution >= 0.6 is 11.6 Å². The Bertz CT molecular complexity index is 1280. The summed E-state index contributed by atoms with van der Waals surface area (Å²) in [5, 5.41) is 2.83. The van der Waals surface area contributed by atoms with Gasteiger partial charge in [-0.2, -0.15) is 0 Å². The molecule has 0 radical (unpaired) electrons. The predicted molar refractivity (Wildman–Crippen MR) is 127 cm³/mol. The maximum Gasteiger partial charge on any atom is 0.258 e. The summed E-state index contributed by atoms with van der Waals surface area (Å²) in [5.74, 6) is 1.15. The van der Waals surface area contributed by atoms with Crippen molar-refractivity contribution in [3.63, 3.8) is 0 Å². The van der Waals surface area contributed by atoms with E-state index >= 15 is 0 Å². The molecule has 2 N–H and O–H groups in total. The Labute approximate surface area is 202 Å². The summed E-state index contributed by atoms with van der Waals surface area (Å²) in [4.78, 5) is 12.2. The molecule has 178 valence electrons. The first-order chi connectivity index (χ1) is 16.3. The molecule has 1 atom stereocenters. The van der Waals surface area contributed by atoms with Gasteiger partial charge in [-0.05, 0) is 48.4 Å². The highest BCUT2D eigenvalue weighted by Crippen LogP contribution is 2.32. The van der Waals surface area contributed by atoms with Gasteiger partial charge in [-0.3, -0.25) is 4.79 Å². The van der Waals surface area contributed by atoms with Crippen molar-refractivity contribution in [2.24, 2.45) is 0 Å². The fourth-order valence-electron chi connectivity index (χ4n) is 3.32. The van der Waals surface area contributed by atoms with Crippen molar-refractivity contribution in [1.29, 1.82) is 0 Å². The highest BCUT2D eigenvalue weighted by Gasteiger charge is 2.20. The lowest BCUT2D eigenvalue weighted by Crippen LogP contribution is -2.28. The Kier molecular flexibility index (Phi) is 7.26. The molecule has 1 heterocycles. The predicted octanol–water partition coefficient (Wildman–Crippen LogP) is 3.80. The maximum absolute atomic E-state index is 12.7. The number of nitrogens with one attached hydrogen (secondary N) is 2. The van der Waals surface area contributed by atoms with Crippen LogP contribution in [0, 0.1) is 0 Å². The van der Waals surface area contributed by atoms with Gasteiger partial charge >= 0.3 is 0 Å². The summed E-state index contributed by atoms with van der Waals surface area (Å²) in [6, 6.07) is 18.3. The summed E-state index contributed by atoms with van der Waals surface area (Å²) < 4.78 is 44.2. The van der Waals surface area contributed by atoms with Crippen molar-refractivity contribution in [3.8, 4) is 17.2 Å². The van der Waals surface area contributed by atoms with Crippen molar-refractivity contribution < 1.29 is 27.4 Å². The molecule has 3 aromatic rings. The van der Waals surface area contributed by atoms with Crippen LogP contribution in [-0.2, 0) is 21.4 Å². The van der Waals surface area contributed by atoms with Gasteiger partial charge in [0.25, 0.3) is 5.91 Å². The Morgan fingerprint density at radius 2 is 1.82 bits per heavy atom. The number of carbonyl (C=O) groups is 1. The fourth-order valence-corrected chi connectivity index (χ4v) is 4.88. The second-order valence-electron chi connectivity index (χ2n) is 7.60. The highest BCUT2D eigenvalue weighted by molar-refractivity contribution is 7.89. The van der Waals surface area contributed by atoms with Crippen molar-refractivity contribution in [1.82, 2.24) is 10.0 Å². The summed E-state index contributed by atoms with van der Waals surface area (Å²) in [6.45, 7) is 1.95. The first kappa shape index (κ1) is 23.9. The molecule has 1 amide bonds. The van der Waals surface area contributed by atoms with Gasteiger partial charge in [-0.25, -0.2) is 13.1 Å². The molecule has 34 heavy (non-hydrogen) atoms. The van der Waals surface area contributed by atoms with E-state index in [-0.39, 0.29) is 41.5 Å². The first-order valence-electron chi connectivity index (χ1n) is 10.5. The summed E-state index contributed by atoms with van der Waals surface area (Å²) >= 11 is 6.22. The minimum Gasteiger partial charge on any atom is -0.482 e. The zero-order valence-corrected chi connectivity index (χ0v) is 19.9. The third-order valence-corrected chi connectivity index (χ3v) is 6.96. The number of halogens is 1. The van der Waals surface area contributed by atoms with E-state index in [9.17, 15) is 13.2 Å². The molecule has 0 aromatic heterocycles. The highest BCUT2D eigenvalue weighted by atomic mass is 35.5. The normalized spacial score (nSPS) is 13.4. The molecule has 0 unspecified atom stereocenters. The number of fused-ring (bicyclic) bond motifs is 1. The van der Waals surface area contributed by atoms with Crippen LogP contribution < -0.4 is 24.2 Å². The van der Waals surface area contributed by atoms with Crippen LogP contribution in [0.3, 0.4) is 0 Å². The Morgan fingerprint density at radius 1 is 1.06 bits per heavy atom. The number of benzene rings is 3. The van der Waals surface area contributed by atoms with E-state index in [2.05, 4.69) is 10.0 Å². The van der Waals surface area contributed by atoms with Gasteiger partial charge in [-0.1, -0.05) is 48.0 Å². The number of hydrogen-bond acceptors (Lipinski definition) is 6. The van der Waals surface area contributed by atoms with Crippen LogP contribution in [0.5, 0.6) is 17.2 Å². The van der Waals surface area contributed by atoms with Crippen LogP contribution in [0.2, 0.25) is 5.02 Å². The van der Waals surface area contributed by atoms with Gasteiger partial charge in [0.1, 0.15) is 5.75 Å². The largest absolute Gasteiger partial charge is 0.482 e. The van der Waals surface area contributed by atoms with Crippen LogP contribution in [0.15, 0.2) is 71.6 Å². The van der Waals surface area contributed by atoms with Crippen LogP contribution in [0.25, 0.3) is 0 Å². The van der Waals surface area contributed by atoms with Gasteiger partial charge < -0.3 is 19.5 Å². The molecule has 8 nitrogen and oxygen atoms in total. The van der Waals surface area contributed by atoms with E-state index in [1.807, 2.05) is 36.4 Å². The molecule has 0 fully saturated rings. The quantitative estimate of drug-likeness (QED) is 0.461. The number of hydrogen-bond donors (Lipinski definition) is 2. The van der Waals surface area contributed by atoms with Gasteiger partial charge in [-0.15, -0.1) is 0 Å². The lowest BCUT2D eigenvalue weighted by molar-refractivity contribution is -0.123. The van der Waals surface area contributed by atoms with Crippen molar-refractivity contribution in [2.75, 3.05) is 13.4 Å². The molecular formula is C24H23ClN2O6S. The van der Waals surface area contributed by atoms with Crippen molar-refractivity contribution in [3.05, 3.63) is 82.9 Å². The van der Waals surface area contributed by atoms with Gasteiger partial charge in [0.2, 0.25) is 16.8 Å². The number of sulfonamides is 1. The van der Waals surface area contributed by atoms with Gasteiger partial charge in [0.15, 0.2) is 18.1 Å². The van der Waals surface area contributed by atoms with Crippen LogP contribution in [0.4, 0.5) is 0 Å². The smallest absolute Gasteiger partial charge is 0.258 e.